The Morgan fingerprint density at radius 3 is 2.56 bits per heavy atom. The standard InChI is InChI=1S/C21H38N2O2/c1-13-19(22)10-18-16(11-23-4)17(6-8-20(13,18)2)21(3)7-5-15(25)9-14(21)12-24/h14-19,23-25H,1,5-12,22H2,2-4H3/t14-,15+,16-,17?,18?,19?,20-,21+/m1/s1. The molecule has 3 unspecified atom stereocenters. The van der Waals surface area contributed by atoms with Crippen molar-refractivity contribution in [2.24, 2.45) is 40.2 Å². The van der Waals surface area contributed by atoms with Crippen LogP contribution in [0.1, 0.15) is 52.4 Å². The molecular formula is C21H38N2O2. The molecule has 0 saturated heterocycles. The minimum Gasteiger partial charge on any atom is -0.396 e. The smallest absolute Gasteiger partial charge is 0.0544 e. The highest BCUT2D eigenvalue weighted by Gasteiger charge is 2.57. The highest BCUT2D eigenvalue weighted by molar-refractivity contribution is 5.26. The van der Waals surface area contributed by atoms with E-state index in [1.54, 1.807) is 0 Å². The molecule has 3 aliphatic rings. The second kappa shape index (κ2) is 6.95. The molecule has 3 fully saturated rings. The van der Waals surface area contributed by atoms with Gasteiger partial charge in [-0.15, -0.1) is 0 Å². The molecule has 0 aromatic rings. The van der Waals surface area contributed by atoms with E-state index in [1.165, 1.54) is 12.0 Å². The average Bonchev–Trinajstić information content (AvgIpc) is 2.81. The van der Waals surface area contributed by atoms with Crippen LogP contribution in [0.2, 0.25) is 0 Å². The summed E-state index contributed by atoms with van der Waals surface area (Å²) in [5.41, 5.74) is 7.93. The molecule has 0 aromatic heterocycles. The van der Waals surface area contributed by atoms with E-state index in [2.05, 4.69) is 25.7 Å². The predicted molar refractivity (Wildman–Crippen MR) is 102 cm³/mol. The lowest BCUT2D eigenvalue weighted by Gasteiger charge is -2.56. The Bertz CT molecular complexity index is 510. The van der Waals surface area contributed by atoms with Gasteiger partial charge in [-0.3, -0.25) is 0 Å². The summed E-state index contributed by atoms with van der Waals surface area (Å²) < 4.78 is 0. The van der Waals surface area contributed by atoms with Gasteiger partial charge in [-0.05, 0) is 86.6 Å². The summed E-state index contributed by atoms with van der Waals surface area (Å²) in [5, 5.41) is 23.6. The summed E-state index contributed by atoms with van der Waals surface area (Å²) >= 11 is 0. The lowest BCUT2D eigenvalue weighted by Crippen LogP contribution is -2.53. The molecule has 0 amide bonds. The second-order valence-electron chi connectivity index (χ2n) is 9.57. The normalized spacial score (nSPS) is 50.7. The van der Waals surface area contributed by atoms with Gasteiger partial charge >= 0.3 is 0 Å². The molecule has 144 valence electrons. The summed E-state index contributed by atoms with van der Waals surface area (Å²) in [4.78, 5) is 0. The maximum atomic E-state index is 10.1. The Kier molecular flexibility index (Phi) is 5.38. The fourth-order valence-corrected chi connectivity index (χ4v) is 6.79. The molecule has 0 spiro atoms. The van der Waals surface area contributed by atoms with E-state index in [0.29, 0.717) is 17.8 Å². The van der Waals surface area contributed by atoms with Crippen LogP contribution in [0.3, 0.4) is 0 Å². The van der Waals surface area contributed by atoms with Crippen LogP contribution in [-0.2, 0) is 0 Å². The topological polar surface area (TPSA) is 78.5 Å². The molecule has 4 heteroatoms. The van der Waals surface area contributed by atoms with E-state index >= 15 is 0 Å². The van der Waals surface area contributed by atoms with Crippen LogP contribution in [-0.4, -0.2) is 42.6 Å². The van der Waals surface area contributed by atoms with Gasteiger partial charge in [-0.2, -0.15) is 0 Å². The lowest BCUT2D eigenvalue weighted by atomic mass is 9.49. The zero-order valence-electron chi connectivity index (χ0n) is 16.3. The maximum Gasteiger partial charge on any atom is 0.0544 e. The molecule has 0 aliphatic heterocycles. The molecule has 5 N–H and O–H groups in total. The number of fused-ring (bicyclic) bond motifs is 1. The number of aliphatic hydroxyl groups is 2. The first-order valence-corrected chi connectivity index (χ1v) is 10.2. The Morgan fingerprint density at radius 1 is 1.20 bits per heavy atom. The first kappa shape index (κ1) is 19.3. The van der Waals surface area contributed by atoms with Gasteiger partial charge in [0.05, 0.1) is 6.10 Å². The maximum absolute atomic E-state index is 10.1. The molecule has 0 radical (unpaired) electrons. The van der Waals surface area contributed by atoms with Crippen LogP contribution in [0.15, 0.2) is 12.2 Å². The highest BCUT2D eigenvalue weighted by atomic mass is 16.3. The summed E-state index contributed by atoms with van der Waals surface area (Å²) in [5.74, 6) is 1.90. The Morgan fingerprint density at radius 2 is 1.92 bits per heavy atom. The molecule has 4 nitrogen and oxygen atoms in total. The fourth-order valence-electron chi connectivity index (χ4n) is 6.79. The minimum atomic E-state index is -0.249. The van der Waals surface area contributed by atoms with Crippen molar-refractivity contribution >= 4 is 0 Å². The Hall–Kier alpha value is -0.420. The Balaban J connectivity index is 1.92. The van der Waals surface area contributed by atoms with E-state index in [9.17, 15) is 10.2 Å². The van der Waals surface area contributed by atoms with E-state index in [4.69, 9.17) is 5.73 Å². The van der Waals surface area contributed by atoms with Crippen LogP contribution >= 0.6 is 0 Å². The number of nitrogens with one attached hydrogen (secondary N) is 1. The van der Waals surface area contributed by atoms with Gasteiger partial charge in [0.1, 0.15) is 0 Å². The summed E-state index contributed by atoms with van der Waals surface area (Å²) in [6.07, 6.45) is 5.75. The zero-order chi connectivity index (χ0) is 18.4. The Labute approximate surface area is 153 Å². The third kappa shape index (κ3) is 2.99. The predicted octanol–water partition coefficient (Wildman–Crippen LogP) is 2.30. The molecule has 3 aliphatic carbocycles. The van der Waals surface area contributed by atoms with Crippen molar-refractivity contribution < 1.29 is 10.2 Å². The molecule has 0 aromatic carbocycles. The van der Waals surface area contributed by atoms with E-state index in [0.717, 1.165) is 38.6 Å². The van der Waals surface area contributed by atoms with Crippen molar-refractivity contribution in [3.05, 3.63) is 12.2 Å². The van der Waals surface area contributed by atoms with Crippen molar-refractivity contribution in [1.82, 2.24) is 5.32 Å². The van der Waals surface area contributed by atoms with E-state index in [-0.39, 0.29) is 35.5 Å². The van der Waals surface area contributed by atoms with Crippen LogP contribution < -0.4 is 11.1 Å². The minimum absolute atomic E-state index is 0.102. The van der Waals surface area contributed by atoms with Gasteiger partial charge in [0, 0.05) is 12.6 Å². The van der Waals surface area contributed by atoms with Crippen molar-refractivity contribution in [3.63, 3.8) is 0 Å². The third-order valence-corrected chi connectivity index (χ3v) is 8.53. The number of hydrogen-bond donors (Lipinski definition) is 4. The van der Waals surface area contributed by atoms with E-state index in [1.807, 2.05) is 7.05 Å². The molecule has 3 rings (SSSR count). The van der Waals surface area contributed by atoms with Crippen molar-refractivity contribution in [2.45, 2.75) is 64.5 Å². The van der Waals surface area contributed by atoms with Crippen molar-refractivity contribution in [3.8, 4) is 0 Å². The van der Waals surface area contributed by atoms with Crippen LogP contribution in [0.25, 0.3) is 0 Å². The fraction of sp³-hybridized carbons (Fsp3) is 0.905. The molecule has 3 saturated carbocycles. The highest BCUT2D eigenvalue weighted by Crippen LogP contribution is 2.63. The summed E-state index contributed by atoms with van der Waals surface area (Å²) in [6.45, 7) is 10.3. The first-order valence-electron chi connectivity index (χ1n) is 10.2. The van der Waals surface area contributed by atoms with Gasteiger partial charge in [0.2, 0.25) is 0 Å². The van der Waals surface area contributed by atoms with Crippen LogP contribution in [0.4, 0.5) is 0 Å². The van der Waals surface area contributed by atoms with E-state index < -0.39 is 0 Å². The molecular weight excluding hydrogens is 312 g/mol. The SMILES string of the molecule is C=C1C(N)CC2[C@H](CNC)C([C@@]3(C)CC[C@H](O)C[C@@H]3CO)CC[C@]12C. The third-order valence-electron chi connectivity index (χ3n) is 8.53. The largest absolute Gasteiger partial charge is 0.396 e. The quantitative estimate of drug-likeness (QED) is 0.587. The van der Waals surface area contributed by atoms with Gasteiger partial charge in [0.25, 0.3) is 0 Å². The molecule has 8 atom stereocenters. The average molecular weight is 351 g/mol. The van der Waals surface area contributed by atoms with Crippen LogP contribution in [0, 0.1) is 34.5 Å². The summed E-state index contributed by atoms with van der Waals surface area (Å²) in [7, 11) is 2.04. The van der Waals surface area contributed by atoms with Crippen molar-refractivity contribution in [1.29, 1.82) is 0 Å². The number of rotatable bonds is 4. The van der Waals surface area contributed by atoms with Gasteiger partial charge in [-0.25, -0.2) is 0 Å². The first-order chi connectivity index (χ1) is 11.8. The molecule has 0 bridgehead atoms. The number of nitrogens with two attached hydrogens (primary N) is 1. The zero-order valence-corrected chi connectivity index (χ0v) is 16.3. The monoisotopic (exact) mass is 350 g/mol. The van der Waals surface area contributed by atoms with Gasteiger partial charge in [-0.1, -0.05) is 26.0 Å². The molecule has 0 heterocycles. The van der Waals surface area contributed by atoms with Crippen LogP contribution in [0.5, 0.6) is 0 Å². The van der Waals surface area contributed by atoms with Gasteiger partial charge < -0.3 is 21.3 Å². The summed E-state index contributed by atoms with van der Waals surface area (Å²) in [6, 6.07) is 0.128. The van der Waals surface area contributed by atoms with Crippen molar-refractivity contribution in [2.75, 3.05) is 20.2 Å². The molecule has 25 heavy (non-hydrogen) atoms. The number of aliphatic hydroxyl groups excluding tert-OH is 2. The van der Waals surface area contributed by atoms with Gasteiger partial charge in [0.15, 0.2) is 0 Å². The lowest BCUT2D eigenvalue weighted by molar-refractivity contribution is -0.0930. The second-order valence-corrected chi connectivity index (χ2v) is 9.57. The number of hydrogen-bond acceptors (Lipinski definition) is 4.